The summed E-state index contributed by atoms with van der Waals surface area (Å²) in [5, 5.41) is 0. The summed E-state index contributed by atoms with van der Waals surface area (Å²) in [6.45, 7) is 2.93. The van der Waals surface area contributed by atoms with E-state index in [1.54, 1.807) is 0 Å². The molecule has 1 aliphatic rings. The molecule has 1 aromatic carbocycles. The van der Waals surface area contributed by atoms with Crippen molar-refractivity contribution in [2.45, 2.75) is 19.8 Å². The van der Waals surface area contributed by atoms with Gasteiger partial charge in [-0.2, -0.15) is 0 Å². The summed E-state index contributed by atoms with van der Waals surface area (Å²) in [4.78, 5) is 0. The van der Waals surface area contributed by atoms with Gasteiger partial charge in [-0.3, -0.25) is 0 Å². The maximum Gasteiger partial charge on any atom is 0.101 e. The van der Waals surface area contributed by atoms with Crippen LogP contribution in [0, 0.1) is 6.42 Å². The van der Waals surface area contributed by atoms with Crippen molar-refractivity contribution in [1.82, 2.24) is 0 Å². The number of fused-ring (bicyclic) bond motifs is 1. The van der Waals surface area contributed by atoms with E-state index in [2.05, 4.69) is 43.7 Å². The van der Waals surface area contributed by atoms with Crippen LogP contribution in [0.1, 0.15) is 24.5 Å². The number of benzene rings is 1. The van der Waals surface area contributed by atoms with Crippen molar-refractivity contribution in [3.05, 3.63) is 53.6 Å². The Labute approximate surface area is 85.4 Å². The molecule has 0 heterocycles. The van der Waals surface area contributed by atoms with Crippen LogP contribution < -0.4 is 0 Å². The molecule has 1 aromatic rings. The van der Waals surface area contributed by atoms with Gasteiger partial charge in [0.15, 0.2) is 0 Å². The molecule has 0 saturated heterocycles. The van der Waals surface area contributed by atoms with Crippen LogP contribution in [0.25, 0.3) is 0 Å². The SMILES string of the molecule is CCCOC1=CCc2ccccc2[CH]1. The average Bonchev–Trinajstić information content (AvgIpc) is 2.26. The van der Waals surface area contributed by atoms with E-state index in [9.17, 15) is 0 Å². The summed E-state index contributed by atoms with van der Waals surface area (Å²) in [6.07, 6.45) is 6.32. The van der Waals surface area contributed by atoms with E-state index >= 15 is 0 Å². The van der Waals surface area contributed by atoms with Crippen molar-refractivity contribution in [3.8, 4) is 0 Å². The van der Waals surface area contributed by atoms with Crippen molar-refractivity contribution >= 4 is 0 Å². The van der Waals surface area contributed by atoms with Crippen LogP contribution in [0.4, 0.5) is 0 Å². The highest BCUT2D eigenvalue weighted by Gasteiger charge is 2.10. The quantitative estimate of drug-likeness (QED) is 0.706. The van der Waals surface area contributed by atoms with Gasteiger partial charge in [-0.1, -0.05) is 31.2 Å². The van der Waals surface area contributed by atoms with Gasteiger partial charge >= 0.3 is 0 Å². The highest BCUT2D eigenvalue weighted by Crippen LogP contribution is 2.22. The molecule has 1 heteroatoms. The van der Waals surface area contributed by atoms with Gasteiger partial charge in [0, 0.05) is 0 Å². The highest BCUT2D eigenvalue weighted by molar-refractivity contribution is 5.43. The van der Waals surface area contributed by atoms with Crippen LogP contribution in [0.2, 0.25) is 0 Å². The first-order valence-electron chi connectivity index (χ1n) is 5.16. The van der Waals surface area contributed by atoms with Gasteiger partial charge in [0.2, 0.25) is 0 Å². The Morgan fingerprint density at radius 2 is 2.14 bits per heavy atom. The molecule has 0 spiro atoms. The fraction of sp³-hybridized carbons (Fsp3) is 0.308. The predicted molar refractivity (Wildman–Crippen MR) is 57.9 cm³/mol. The minimum Gasteiger partial charge on any atom is -0.498 e. The lowest BCUT2D eigenvalue weighted by molar-refractivity contribution is 0.218. The molecule has 14 heavy (non-hydrogen) atoms. The van der Waals surface area contributed by atoms with Crippen LogP contribution in [0.3, 0.4) is 0 Å². The topological polar surface area (TPSA) is 9.23 Å². The van der Waals surface area contributed by atoms with Crippen molar-refractivity contribution < 1.29 is 4.74 Å². The van der Waals surface area contributed by atoms with E-state index in [0.29, 0.717) is 0 Å². The Bertz CT molecular complexity index is 339. The molecule has 0 bridgehead atoms. The van der Waals surface area contributed by atoms with Crippen molar-refractivity contribution in [2.75, 3.05) is 6.61 Å². The summed E-state index contributed by atoms with van der Waals surface area (Å²) in [5.74, 6) is 1.02. The molecule has 1 aliphatic carbocycles. The maximum atomic E-state index is 5.59. The molecule has 2 rings (SSSR count). The third-order valence-electron chi connectivity index (χ3n) is 2.35. The second-order valence-electron chi connectivity index (χ2n) is 3.50. The second kappa shape index (κ2) is 4.32. The number of allylic oxidation sites excluding steroid dienone is 2. The summed E-state index contributed by atoms with van der Waals surface area (Å²) in [7, 11) is 0. The maximum absolute atomic E-state index is 5.59. The van der Waals surface area contributed by atoms with Gasteiger partial charge in [-0.05, 0) is 30.0 Å². The molecule has 73 valence electrons. The molecule has 0 atom stereocenters. The molecule has 1 nitrogen and oxygen atoms in total. The Balaban J connectivity index is 2.05. The van der Waals surface area contributed by atoms with E-state index < -0.39 is 0 Å². The molecule has 0 aliphatic heterocycles. The molecule has 0 aromatic heterocycles. The van der Waals surface area contributed by atoms with E-state index in [0.717, 1.165) is 25.2 Å². The van der Waals surface area contributed by atoms with Crippen LogP contribution in [-0.4, -0.2) is 6.61 Å². The van der Waals surface area contributed by atoms with Crippen LogP contribution in [0.5, 0.6) is 0 Å². The first-order valence-corrected chi connectivity index (χ1v) is 5.16. The summed E-state index contributed by atoms with van der Waals surface area (Å²) >= 11 is 0. The van der Waals surface area contributed by atoms with Crippen molar-refractivity contribution in [1.29, 1.82) is 0 Å². The predicted octanol–water partition coefficient (Wildman–Crippen LogP) is 3.11. The molecular weight excluding hydrogens is 172 g/mol. The molecule has 1 radical (unpaired) electrons. The number of ether oxygens (including phenoxy) is 1. The summed E-state index contributed by atoms with van der Waals surface area (Å²) in [5.41, 5.74) is 2.68. The second-order valence-corrected chi connectivity index (χ2v) is 3.50. The Morgan fingerprint density at radius 1 is 1.29 bits per heavy atom. The van der Waals surface area contributed by atoms with Crippen LogP contribution in [0.15, 0.2) is 36.1 Å². The first-order chi connectivity index (χ1) is 6.90. The van der Waals surface area contributed by atoms with E-state index in [-0.39, 0.29) is 0 Å². The molecule has 0 fully saturated rings. The standard InChI is InChI=1S/C13H15O/c1-2-9-14-13-8-7-11-5-3-4-6-12(11)10-13/h3-6,8,10H,2,7,9H2,1H3. The smallest absolute Gasteiger partial charge is 0.101 e. The molecular formula is C13H15O. The summed E-state index contributed by atoms with van der Waals surface area (Å²) in [6, 6.07) is 8.45. The normalized spacial score (nSPS) is 14.5. The van der Waals surface area contributed by atoms with Gasteiger partial charge in [0.25, 0.3) is 0 Å². The third kappa shape index (κ3) is 1.98. The van der Waals surface area contributed by atoms with Gasteiger partial charge < -0.3 is 4.74 Å². The lowest BCUT2D eigenvalue weighted by Crippen LogP contribution is -2.04. The Kier molecular flexibility index (Phi) is 2.87. The molecule has 0 saturated carbocycles. The fourth-order valence-electron chi connectivity index (χ4n) is 1.60. The zero-order valence-corrected chi connectivity index (χ0v) is 8.49. The lowest BCUT2D eigenvalue weighted by atomic mass is 9.96. The number of hydrogen-bond acceptors (Lipinski definition) is 1. The van der Waals surface area contributed by atoms with Crippen LogP contribution in [-0.2, 0) is 11.2 Å². The van der Waals surface area contributed by atoms with Crippen LogP contribution >= 0.6 is 0 Å². The zero-order chi connectivity index (χ0) is 9.80. The van der Waals surface area contributed by atoms with E-state index in [4.69, 9.17) is 4.74 Å². The van der Waals surface area contributed by atoms with E-state index in [1.807, 2.05) is 0 Å². The number of rotatable bonds is 3. The average molecular weight is 187 g/mol. The summed E-state index contributed by atoms with van der Waals surface area (Å²) < 4.78 is 5.59. The minimum absolute atomic E-state index is 0.810. The van der Waals surface area contributed by atoms with Crippen molar-refractivity contribution in [2.24, 2.45) is 0 Å². The zero-order valence-electron chi connectivity index (χ0n) is 8.49. The van der Waals surface area contributed by atoms with Gasteiger partial charge in [0.05, 0.1) is 13.0 Å². The Hall–Kier alpha value is -1.24. The van der Waals surface area contributed by atoms with Gasteiger partial charge in [-0.25, -0.2) is 0 Å². The first kappa shape index (κ1) is 9.32. The Morgan fingerprint density at radius 3 is 3.00 bits per heavy atom. The third-order valence-corrected chi connectivity index (χ3v) is 2.35. The number of hydrogen-bond donors (Lipinski definition) is 0. The van der Waals surface area contributed by atoms with Crippen molar-refractivity contribution in [3.63, 3.8) is 0 Å². The molecule has 0 N–H and O–H groups in total. The largest absolute Gasteiger partial charge is 0.498 e. The monoisotopic (exact) mass is 187 g/mol. The lowest BCUT2D eigenvalue weighted by Gasteiger charge is -2.16. The van der Waals surface area contributed by atoms with E-state index in [1.165, 1.54) is 11.1 Å². The minimum atomic E-state index is 0.810. The molecule has 0 unspecified atom stereocenters. The molecule has 0 amide bonds. The van der Waals surface area contributed by atoms with Gasteiger partial charge in [-0.15, -0.1) is 0 Å². The van der Waals surface area contributed by atoms with Gasteiger partial charge in [0.1, 0.15) is 5.76 Å². The fourth-order valence-corrected chi connectivity index (χ4v) is 1.60. The highest BCUT2D eigenvalue weighted by atomic mass is 16.5.